The van der Waals surface area contributed by atoms with E-state index >= 15 is 0 Å². The first-order valence-corrected chi connectivity index (χ1v) is 6.80. The molecule has 0 aliphatic heterocycles. The van der Waals surface area contributed by atoms with Crippen LogP contribution >= 0.6 is 11.6 Å². The van der Waals surface area contributed by atoms with Crippen molar-refractivity contribution >= 4 is 11.6 Å². The predicted molar refractivity (Wildman–Crippen MR) is 79.2 cm³/mol. The molecule has 0 heterocycles. The number of rotatable bonds is 6. The highest BCUT2D eigenvalue weighted by atomic mass is 35.5. The second kappa shape index (κ2) is 7.29. The second-order valence-electron chi connectivity index (χ2n) is 4.49. The molecule has 100 valence electrons. The Morgan fingerprint density at radius 1 is 0.947 bits per heavy atom. The van der Waals surface area contributed by atoms with Gasteiger partial charge in [0.1, 0.15) is 0 Å². The molecular weight excluding hydrogens is 258 g/mol. The molecule has 0 unspecified atom stereocenters. The molecule has 0 fully saturated rings. The van der Waals surface area contributed by atoms with Gasteiger partial charge in [0.15, 0.2) is 0 Å². The van der Waals surface area contributed by atoms with E-state index in [0.29, 0.717) is 0 Å². The predicted octanol–water partition coefficient (Wildman–Crippen LogP) is 3.16. The first-order chi connectivity index (χ1) is 9.29. The Kier molecular flexibility index (Phi) is 5.40. The topological polar surface area (TPSA) is 32.3 Å². The van der Waals surface area contributed by atoms with Crippen LogP contribution < -0.4 is 5.32 Å². The van der Waals surface area contributed by atoms with E-state index in [-0.39, 0.29) is 6.61 Å². The van der Waals surface area contributed by atoms with Crippen LogP contribution in [0.3, 0.4) is 0 Å². The lowest BCUT2D eigenvalue weighted by molar-refractivity contribution is 0.282. The van der Waals surface area contributed by atoms with Gasteiger partial charge in [-0.15, -0.1) is 0 Å². The van der Waals surface area contributed by atoms with Gasteiger partial charge in [-0.2, -0.15) is 0 Å². The molecule has 3 heteroatoms. The summed E-state index contributed by atoms with van der Waals surface area (Å²) in [5.41, 5.74) is 3.34. The summed E-state index contributed by atoms with van der Waals surface area (Å²) < 4.78 is 0. The van der Waals surface area contributed by atoms with Gasteiger partial charge in [-0.05, 0) is 35.7 Å². The minimum atomic E-state index is 0.102. The zero-order valence-electron chi connectivity index (χ0n) is 10.8. The smallest absolute Gasteiger partial charge is 0.0681 e. The summed E-state index contributed by atoms with van der Waals surface area (Å²) in [6.07, 6.45) is 0.968. The van der Waals surface area contributed by atoms with Crippen LogP contribution in [-0.2, 0) is 19.6 Å². The summed E-state index contributed by atoms with van der Waals surface area (Å²) in [5, 5.41) is 13.2. The van der Waals surface area contributed by atoms with E-state index in [1.165, 1.54) is 5.56 Å². The van der Waals surface area contributed by atoms with Gasteiger partial charge in [-0.1, -0.05) is 54.1 Å². The fourth-order valence-corrected chi connectivity index (χ4v) is 2.11. The largest absolute Gasteiger partial charge is 0.392 e. The first-order valence-electron chi connectivity index (χ1n) is 6.42. The fourth-order valence-electron chi connectivity index (χ4n) is 1.91. The Labute approximate surface area is 119 Å². The van der Waals surface area contributed by atoms with E-state index in [1.807, 2.05) is 36.4 Å². The molecule has 0 amide bonds. The summed E-state index contributed by atoms with van der Waals surface area (Å²) in [4.78, 5) is 0. The highest BCUT2D eigenvalue weighted by Gasteiger charge is 1.98. The van der Waals surface area contributed by atoms with Crippen molar-refractivity contribution in [2.45, 2.75) is 19.6 Å². The molecule has 0 atom stereocenters. The average molecular weight is 276 g/mol. The molecule has 2 aromatic carbocycles. The summed E-state index contributed by atoms with van der Waals surface area (Å²) in [5.74, 6) is 0. The van der Waals surface area contributed by atoms with Crippen LogP contribution in [0.2, 0.25) is 5.02 Å². The van der Waals surface area contributed by atoms with Crippen molar-refractivity contribution in [1.82, 2.24) is 5.32 Å². The zero-order valence-corrected chi connectivity index (χ0v) is 11.5. The van der Waals surface area contributed by atoms with E-state index < -0.39 is 0 Å². The molecule has 0 aromatic heterocycles. The zero-order chi connectivity index (χ0) is 13.5. The van der Waals surface area contributed by atoms with Crippen LogP contribution in [0.15, 0.2) is 48.5 Å². The molecule has 0 bridgehead atoms. The third-order valence-electron chi connectivity index (χ3n) is 3.07. The van der Waals surface area contributed by atoms with Gasteiger partial charge in [0, 0.05) is 11.6 Å². The van der Waals surface area contributed by atoms with Crippen LogP contribution in [-0.4, -0.2) is 11.7 Å². The van der Waals surface area contributed by atoms with E-state index in [0.717, 1.165) is 35.7 Å². The Morgan fingerprint density at radius 3 is 2.32 bits per heavy atom. The van der Waals surface area contributed by atoms with E-state index in [4.69, 9.17) is 16.7 Å². The van der Waals surface area contributed by atoms with Crippen LogP contribution in [0, 0.1) is 0 Å². The summed E-state index contributed by atoms with van der Waals surface area (Å²) in [6, 6.07) is 15.9. The lowest BCUT2D eigenvalue weighted by Gasteiger charge is -2.07. The third-order valence-corrected chi connectivity index (χ3v) is 3.44. The van der Waals surface area contributed by atoms with Crippen molar-refractivity contribution < 1.29 is 5.11 Å². The average Bonchev–Trinajstić information content (AvgIpc) is 2.46. The molecular formula is C16H18ClNO. The lowest BCUT2D eigenvalue weighted by atomic mass is 10.1. The van der Waals surface area contributed by atoms with Crippen LogP contribution in [0.25, 0.3) is 0 Å². The van der Waals surface area contributed by atoms with Crippen LogP contribution in [0.4, 0.5) is 0 Å². The van der Waals surface area contributed by atoms with Crippen molar-refractivity contribution in [2.24, 2.45) is 0 Å². The summed E-state index contributed by atoms with van der Waals surface area (Å²) in [6.45, 7) is 1.79. The van der Waals surface area contributed by atoms with Crippen molar-refractivity contribution in [1.29, 1.82) is 0 Å². The maximum absolute atomic E-state index is 8.97. The second-order valence-corrected chi connectivity index (χ2v) is 4.90. The number of hydrogen-bond acceptors (Lipinski definition) is 2. The maximum Gasteiger partial charge on any atom is 0.0681 e. The third kappa shape index (κ3) is 4.35. The Morgan fingerprint density at radius 2 is 1.63 bits per heavy atom. The highest BCUT2D eigenvalue weighted by Crippen LogP contribution is 2.14. The molecule has 19 heavy (non-hydrogen) atoms. The highest BCUT2D eigenvalue weighted by molar-refractivity contribution is 6.31. The van der Waals surface area contributed by atoms with Crippen molar-refractivity contribution in [3.63, 3.8) is 0 Å². The summed E-state index contributed by atoms with van der Waals surface area (Å²) in [7, 11) is 0. The number of aliphatic hydroxyl groups is 1. The molecule has 0 spiro atoms. The number of halogens is 1. The molecule has 2 rings (SSSR count). The van der Waals surface area contributed by atoms with E-state index in [1.54, 1.807) is 0 Å². The number of nitrogens with one attached hydrogen (secondary N) is 1. The fraction of sp³-hybridized carbons (Fsp3) is 0.250. The van der Waals surface area contributed by atoms with E-state index in [9.17, 15) is 0 Å². The minimum Gasteiger partial charge on any atom is -0.392 e. The molecule has 0 radical (unpaired) electrons. The van der Waals surface area contributed by atoms with Crippen molar-refractivity contribution in [3.05, 3.63) is 70.2 Å². The standard InChI is InChI=1S/C16H18ClNO/c17-16-4-2-1-3-15(16)11-18-10-9-13-5-7-14(12-19)8-6-13/h1-8,18-19H,9-12H2. The van der Waals surface area contributed by atoms with Gasteiger partial charge in [0.25, 0.3) is 0 Å². The van der Waals surface area contributed by atoms with Gasteiger partial charge in [0.2, 0.25) is 0 Å². The first kappa shape index (κ1) is 14.1. The molecule has 0 saturated carbocycles. The number of hydrogen-bond donors (Lipinski definition) is 2. The molecule has 2 aromatic rings. The Hall–Kier alpha value is -1.35. The van der Waals surface area contributed by atoms with Gasteiger partial charge < -0.3 is 10.4 Å². The molecule has 0 saturated heterocycles. The van der Waals surface area contributed by atoms with Crippen LogP contribution in [0.5, 0.6) is 0 Å². The monoisotopic (exact) mass is 275 g/mol. The van der Waals surface area contributed by atoms with Crippen LogP contribution in [0.1, 0.15) is 16.7 Å². The van der Waals surface area contributed by atoms with Gasteiger partial charge in [-0.25, -0.2) is 0 Å². The molecule has 2 N–H and O–H groups in total. The molecule has 2 nitrogen and oxygen atoms in total. The SMILES string of the molecule is OCc1ccc(CCNCc2ccccc2Cl)cc1. The normalized spacial score (nSPS) is 10.6. The Bertz CT molecular complexity index is 510. The maximum atomic E-state index is 8.97. The molecule has 0 aliphatic rings. The van der Waals surface area contributed by atoms with E-state index in [2.05, 4.69) is 17.4 Å². The lowest BCUT2D eigenvalue weighted by Crippen LogP contribution is -2.16. The van der Waals surface area contributed by atoms with Gasteiger partial charge >= 0.3 is 0 Å². The number of benzene rings is 2. The Balaban J connectivity index is 1.76. The van der Waals surface area contributed by atoms with Gasteiger partial charge in [-0.3, -0.25) is 0 Å². The number of aliphatic hydroxyl groups excluding tert-OH is 1. The summed E-state index contributed by atoms with van der Waals surface area (Å²) >= 11 is 6.09. The molecule has 0 aliphatic carbocycles. The minimum absolute atomic E-state index is 0.102. The quantitative estimate of drug-likeness (QED) is 0.794. The van der Waals surface area contributed by atoms with Crippen molar-refractivity contribution in [3.8, 4) is 0 Å². The van der Waals surface area contributed by atoms with Gasteiger partial charge in [0.05, 0.1) is 6.61 Å². The van der Waals surface area contributed by atoms with Crippen molar-refractivity contribution in [2.75, 3.05) is 6.54 Å².